The second-order valence-corrected chi connectivity index (χ2v) is 6.47. The third kappa shape index (κ3) is 3.56. The van der Waals surface area contributed by atoms with Crippen molar-refractivity contribution in [3.05, 3.63) is 68.2 Å². The number of aromatic nitrogens is 2. The van der Waals surface area contributed by atoms with E-state index in [1.54, 1.807) is 12.1 Å². The van der Waals surface area contributed by atoms with Crippen molar-refractivity contribution in [1.82, 2.24) is 9.72 Å². The van der Waals surface area contributed by atoms with Crippen LogP contribution in [0.5, 0.6) is 0 Å². The summed E-state index contributed by atoms with van der Waals surface area (Å²) in [6, 6.07) is 14.9. The van der Waals surface area contributed by atoms with Crippen LogP contribution in [-0.2, 0) is 11.3 Å². The van der Waals surface area contributed by atoms with Crippen molar-refractivity contribution in [2.45, 2.75) is 13.5 Å². The van der Waals surface area contributed by atoms with Gasteiger partial charge < -0.3 is 5.32 Å². The summed E-state index contributed by atoms with van der Waals surface area (Å²) in [6.45, 7) is 1.74. The number of hydrogen-bond donors (Lipinski definition) is 1. The predicted octanol–water partition coefficient (Wildman–Crippen LogP) is 3.06. The standard InChI is InChI=1S/C17H14IN3O3/c1-11-4-2-3-5-14(11)16-20-24-17(23)21(16)10-15(22)19-13-8-6-12(18)7-9-13/h2-9H,10H2,1H3,(H,19,22). The zero-order valence-corrected chi connectivity index (χ0v) is 15.0. The lowest BCUT2D eigenvalue weighted by Crippen LogP contribution is -2.25. The van der Waals surface area contributed by atoms with Gasteiger partial charge >= 0.3 is 5.76 Å². The Bertz CT molecular complexity index is 929. The smallest absolute Gasteiger partial charge is 0.325 e. The number of aryl methyl sites for hydroxylation is 1. The van der Waals surface area contributed by atoms with Crippen LogP contribution in [0.2, 0.25) is 0 Å². The first-order valence-electron chi connectivity index (χ1n) is 7.22. The predicted molar refractivity (Wildman–Crippen MR) is 98.7 cm³/mol. The van der Waals surface area contributed by atoms with Crippen LogP contribution in [0.4, 0.5) is 5.69 Å². The molecule has 3 rings (SSSR count). The molecule has 0 bridgehead atoms. The maximum Gasteiger partial charge on any atom is 0.442 e. The molecule has 0 atom stereocenters. The molecule has 7 heteroatoms. The van der Waals surface area contributed by atoms with E-state index < -0.39 is 5.76 Å². The third-order valence-electron chi connectivity index (χ3n) is 3.50. The van der Waals surface area contributed by atoms with Crippen molar-refractivity contribution < 1.29 is 9.32 Å². The number of carbonyl (C=O) groups excluding carboxylic acids is 1. The minimum absolute atomic E-state index is 0.169. The van der Waals surface area contributed by atoms with Gasteiger partial charge in [0, 0.05) is 14.8 Å². The second-order valence-electron chi connectivity index (χ2n) is 5.23. The van der Waals surface area contributed by atoms with E-state index in [4.69, 9.17) is 4.52 Å². The van der Waals surface area contributed by atoms with Gasteiger partial charge in [0.05, 0.1) is 0 Å². The van der Waals surface area contributed by atoms with Crippen LogP contribution in [0.25, 0.3) is 11.4 Å². The lowest BCUT2D eigenvalue weighted by atomic mass is 10.1. The van der Waals surface area contributed by atoms with Gasteiger partial charge in [0.2, 0.25) is 5.91 Å². The molecule has 2 aromatic carbocycles. The number of nitrogens with zero attached hydrogens (tertiary/aromatic N) is 2. The van der Waals surface area contributed by atoms with Gasteiger partial charge in [-0.2, -0.15) is 0 Å². The highest BCUT2D eigenvalue weighted by molar-refractivity contribution is 14.1. The summed E-state index contributed by atoms with van der Waals surface area (Å²) in [4.78, 5) is 24.2. The van der Waals surface area contributed by atoms with E-state index in [0.717, 1.165) is 14.7 Å². The van der Waals surface area contributed by atoms with E-state index in [-0.39, 0.29) is 12.5 Å². The van der Waals surface area contributed by atoms with Crippen LogP contribution in [0, 0.1) is 10.5 Å². The highest BCUT2D eigenvalue weighted by atomic mass is 127. The van der Waals surface area contributed by atoms with Crippen molar-refractivity contribution >= 4 is 34.2 Å². The van der Waals surface area contributed by atoms with Gasteiger partial charge in [0.1, 0.15) is 6.54 Å². The van der Waals surface area contributed by atoms with Gasteiger partial charge in [-0.05, 0) is 59.3 Å². The molecule has 1 aromatic heterocycles. The van der Waals surface area contributed by atoms with Crippen LogP contribution in [0.15, 0.2) is 57.8 Å². The van der Waals surface area contributed by atoms with Crippen molar-refractivity contribution in [2.75, 3.05) is 5.32 Å². The summed E-state index contributed by atoms with van der Waals surface area (Å²) in [5.41, 5.74) is 2.37. The van der Waals surface area contributed by atoms with E-state index >= 15 is 0 Å². The number of anilines is 1. The first-order chi connectivity index (χ1) is 11.5. The summed E-state index contributed by atoms with van der Waals surface area (Å²) >= 11 is 2.19. The maximum absolute atomic E-state index is 12.2. The number of hydrogen-bond acceptors (Lipinski definition) is 4. The Labute approximate surface area is 151 Å². The number of benzene rings is 2. The molecule has 0 aliphatic carbocycles. The Morgan fingerprint density at radius 3 is 2.62 bits per heavy atom. The number of nitrogens with one attached hydrogen (secondary N) is 1. The van der Waals surface area contributed by atoms with Crippen molar-refractivity contribution in [2.24, 2.45) is 0 Å². The number of halogens is 1. The molecule has 0 spiro atoms. The van der Waals surface area contributed by atoms with Crippen molar-refractivity contribution in [3.8, 4) is 11.4 Å². The average Bonchev–Trinajstić information content (AvgIpc) is 2.91. The summed E-state index contributed by atoms with van der Waals surface area (Å²) in [7, 11) is 0. The molecule has 1 N–H and O–H groups in total. The van der Waals surface area contributed by atoms with E-state index in [1.807, 2.05) is 43.3 Å². The highest BCUT2D eigenvalue weighted by Gasteiger charge is 2.17. The topological polar surface area (TPSA) is 77.1 Å². The first-order valence-corrected chi connectivity index (χ1v) is 8.30. The van der Waals surface area contributed by atoms with Crippen LogP contribution in [-0.4, -0.2) is 15.6 Å². The summed E-state index contributed by atoms with van der Waals surface area (Å²) in [5, 5.41) is 6.57. The number of amides is 1. The van der Waals surface area contributed by atoms with Crippen LogP contribution < -0.4 is 11.1 Å². The minimum atomic E-state index is -0.661. The zero-order valence-electron chi connectivity index (χ0n) is 12.8. The number of carbonyl (C=O) groups is 1. The van der Waals surface area contributed by atoms with E-state index in [9.17, 15) is 9.59 Å². The Hall–Kier alpha value is -2.42. The molecule has 0 saturated heterocycles. The lowest BCUT2D eigenvalue weighted by molar-refractivity contribution is -0.116. The fraction of sp³-hybridized carbons (Fsp3) is 0.118. The van der Waals surface area contributed by atoms with E-state index in [2.05, 4.69) is 33.1 Å². The normalized spacial score (nSPS) is 10.6. The molecule has 122 valence electrons. The lowest BCUT2D eigenvalue weighted by Gasteiger charge is -2.08. The van der Waals surface area contributed by atoms with Crippen molar-refractivity contribution in [1.29, 1.82) is 0 Å². The zero-order chi connectivity index (χ0) is 17.1. The van der Waals surface area contributed by atoms with Gasteiger partial charge in [0.15, 0.2) is 5.82 Å². The molecule has 3 aromatic rings. The molecule has 6 nitrogen and oxygen atoms in total. The maximum atomic E-state index is 12.2. The van der Waals surface area contributed by atoms with Gasteiger partial charge in [-0.3, -0.25) is 9.32 Å². The Morgan fingerprint density at radius 1 is 1.21 bits per heavy atom. The van der Waals surface area contributed by atoms with Gasteiger partial charge in [-0.1, -0.05) is 29.4 Å². The molecule has 0 unspecified atom stereocenters. The van der Waals surface area contributed by atoms with E-state index in [0.29, 0.717) is 11.5 Å². The van der Waals surface area contributed by atoms with Gasteiger partial charge in [-0.15, -0.1) is 0 Å². The monoisotopic (exact) mass is 435 g/mol. The molecule has 1 heterocycles. The Kier molecular flexibility index (Phi) is 4.79. The average molecular weight is 435 g/mol. The first kappa shape index (κ1) is 16.4. The van der Waals surface area contributed by atoms with Crippen molar-refractivity contribution in [3.63, 3.8) is 0 Å². The summed E-state index contributed by atoms with van der Waals surface area (Å²) in [6.07, 6.45) is 0. The highest BCUT2D eigenvalue weighted by Crippen LogP contribution is 2.20. The fourth-order valence-corrected chi connectivity index (χ4v) is 2.66. The van der Waals surface area contributed by atoms with Crippen LogP contribution in [0.1, 0.15) is 5.56 Å². The van der Waals surface area contributed by atoms with Gasteiger partial charge in [0.25, 0.3) is 0 Å². The molecule has 0 aliphatic rings. The molecule has 1 amide bonds. The van der Waals surface area contributed by atoms with Gasteiger partial charge in [-0.25, -0.2) is 9.36 Å². The largest absolute Gasteiger partial charge is 0.442 e. The quantitative estimate of drug-likeness (QED) is 0.640. The molecular formula is C17H14IN3O3. The molecule has 0 aliphatic heterocycles. The summed E-state index contributed by atoms with van der Waals surface area (Å²) < 4.78 is 7.05. The minimum Gasteiger partial charge on any atom is -0.325 e. The Balaban J connectivity index is 1.84. The fourth-order valence-electron chi connectivity index (χ4n) is 2.30. The molecule has 0 radical (unpaired) electrons. The Morgan fingerprint density at radius 2 is 1.92 bits per heavy atom. The SMILES string of the molecule is Cc1ccccc1-c1noc(=O)n1CC(=O)Nc1ccc(I)cc1. The van der Waals surface area contributed by atoms with Crippen LogP contribution >= 0.6 is 22.6 Å². The molecule has 24 heavy (non-hydrogen) atoms. The molecular weight excluding hydrogens is 421 g/mol. The summed E-state index contributed by atoms with van der Waals surface area (Å²) in [5.74, 6) is -0.641. The third-order valence-corrected chi connectivity index (χ3v) is 4.22. The van der Waals surface area contributed by atoms with Crippen LogP contribution in [0.3, 0.4) is 0 Å². The van der Waals surface area contributed by atoms with E-state index in [1.165, 1.54) is 4.57 Å². The molecule has 0 fully saturated rings. The molecule has 0 saturated carbocycles. The number of rotatable bonds is 4. The second kappa shape index (κ2) is 7.00.